The first-order chi connectivity index (χ1) is 9.67. The Morgan fingerprint density at radius 2 is 1.70 bits per heavy atom. The fourth-order valence-electron chi connectivity index (χ4n) is 1.55. The Labute approximate surface area is 118 Å². The molecule has 3 N–H and O–H groups in total. The Morgan fingerprint density at radius 3 is 2.30 bits per heavy atom. The van der Waals surface area contributed by atoms with Gasteiger partial charge in [-0.15, -0.1) is 0 Å². The van der Waals surface area contributed by atoms with Crippen molar-refractivity contribution < 1.29 is 14.3 Å². The fraction of sp³-hybridized carbons (Fsp3) is 0.429. The number of amides is 2. The lowest BCUT2D eigenvalue weighted by molar-refractivity contribution is -0.120. The Hall–Kier alpha value is -2.08. The van der Waals surface area contributed by atoms with Gasteiger partial charge in [0.25, 0.3) is 5.91 Å². The monoisotopic (exact) mass is 279 g/mol. The predicted molar refractivity (Wildman–Crippen MR) is 76.9 cm³/mol. The third-order valence-corrected chi connectivity index (χ3v) is 2.69. The van der Waals surface area contributed by atoms with Gasteiger partial charge in [-0.1, -0.05) is 0 Å². The largest absolute Gasteiger partial charge is 0.497 e. The number of carbonyl (C=O) groups excluding carboxylic acids is 2. The minimum Gasteiger partial charge on any atom is -0.497 e. The summed E-state index contributed by atoms with van der Waals surface area (Å²) < 4.78 is 5.02. The maximum atomic E-state index is 11.8. The third kappa shape index (κ3) is 5.71. The van der Waals surface area contributed by atoms with E-state index >= 15 is 0 Å². The first-order valence-electron chi connectivity index (χ1n) is 6.51. The van der Waals surface area contributed by atoms with E-state index in [1.807, 2.05) is 0 Å². The fourth-order valence-corrected chi connectivity index (χ4v) is 1.55. The van der Waals surface area contributed by atoms with Crippen molar-refractivity contribution >= 4 is 11.8 Å². The molecule has 0 aliphatic rings. The molecule has 0 aliphatic carbocycles. The first kappa shape index (κ1) is 16.0. The quantitative estimate of drug-likeness (QED) is 0.592. The molecular weight excluding hydrogens is 258 g/mol. The molecule has 0 atom stereocenters. The van der Waals surface area contributed by atoms with Crippen LogP contribution in [0.3, 0.4) is 0 Å². The summed E-state index contributed by atoms with van der Waals surface area (Å²) in [6, 6.07) is 6.85. The molecule has 0 saturated carbocycles. The Bertz CT molecular complexity index is 432. The van der Waals surface area contributed by atoms with Gasteiger partial charge in [-0.3, -0.25) is 9.59 Å². The average Bonchev–Trinajstić information content (AvgIpc) is 2.49. The number of methoxy groups -OCH3 is 1. The van der Waals surface area contributed by atoms with Crippen LogP contribution in [-0.2, 0) is 4.79 Å². The highest BCUT2D eigenvalue weighted by molar-refractivity contribution is 5.94. The van der Waals surface area contributed by atoms with Gasteiger partial charge in [-0.2, -0.15) is 0 Å². The van der Waals surface area contributed by atoms with Crippen molar-refractivity contribution in [3.05, 3.63) is 29.8 Å². The summed E-state index contributed by atoms with van der Waals surface area (Å²) in [5.41, 5.74) is 0.562. The summed E-state index contributed by atoms with van der Waals surface area (Å²) >= 11 is 0. The minimum absolute atomic E-state index is 0.0296. The van der Waals surface area contributed by atoms with Crippen molar-refractivity contribution in [1.29, 1.82) is 0 Å². The molecule has 0 aliphatic heterocycles. The lowest BCUT2D eigenvalue weighted by atomic mass is 10.2. The number of benzene rings is 1. The van der Waals surface area contributed by atoms with Gasteiger partial charge in [0.15, 0.2) is 0 Å². The molecule has 20 heavy (non-hydrogen) atoms. The van der Waals surface area contributed by atoms with Crippen LogP contribution in [0.2, 0.25) is 0 Å². The molecule has 6 heteroatoms. The van der Waals surface area contributed by atoms with E-state index in [2.05, 4.69) is 16.0 Å². The Balaban J connectivity index is 2.24. The molecule has 6 nitrogen and oxygen atoms in total. The van der Waals surface area contributed by atoms with E-state index in [9.17, 15) is 9.59 Å². The summed E-state index contributed by atoms with van der Waals surface area (Å²) in [4.78, 5) is 23.1. The number of carbonyl (C=O) groups is 2. The zero-order valence-corrected chi connectivity index (χ0v) is 11.9. The van der Waals surface area contributed by atoms with Gasteiger partial charge in [-0.05, 0) is 31.3 Å². The van der Waals surface area contributed by atoms with Crippen molar-refractivity contribution in [2.75, 3.05) is 33.8 Å². The zero-order valence-electron chi connectivity index (χ0n) is 11.9. The van der Waals surface area contributed by atoms with Crippen molar-refractivity contribution in [3.8, 4) is 5.75 Å². The van der Waals surface area contributed by atoms with Crippen LogP contribution >= 0.6 is 0 Å². The van der Waals surface area contributed by atoms with E-state index in [1.165, 1.54) is 0 Å². The second kappa shape index (κ2) is 8.92. The number of nitrogens with one attached hydrogen (secondary N) is 3. The SMILES string of the molecule is CNCCC(=O)NCCNC(=O)c1ccc(OC)cc1. The summed E-state index contributed by atoms with van der Waals surface area (Å²) in [5.74, 6) is 0.508. The Morgan fingerprint density at radius 1 is 1.05 bits per heavy atom. The number of rotatable bonds is 8. The van der Waals surface area contributed by atoms with Gasteiger partial charge in [0.1, 0.15) is 5.75 Å². The van der Waals surface area contributed by atoms with Crippen LogP contribution in [-0.4, -0.2) is 45.6 Å². The van der Waals surface area contributed by atoms with Crippen LogP contribution in [0.15, 0.2) is 24.3 Å². The molecule has 0 spiro atoms. The van der Waals surface area contributed by atoms with E-state index in [1.54, 1.807) is 38.4 Å². The van der Waals surface area contributed by atoms with Crippen LogP contribution in [0.1, 0.15) is 16.8 Å². The van der Waals surface area contributed by atoms with E-state index in [0.717, 1.165) is 0 Å². The first-order valence-corrected chi connectivity index (χ1v) is 6.51. The van der Waals surface area contributed by atoms with E-state index in [4.69, 9.17) is 4.74 Å². The lowest BCUT2D eigenvalue weighted by Gasteiger charge is -2.07. The topological polar surface area (TPSA) is 79.5 Å². The maximum absolute atomic E-state index is 11.8. The number of ether oxygens (including phenoxy) is 1. The van der Waals surface area contributed by atoms with Crippen LogP contribution < -0.4 is 20.7 Å². The third-order valence-electron chi connectivity index (χ3n) is 2.69. The molecule has 1 aromatic carbocycles. The van der Waals surface area contributed by atoms with Crippen molar-refractivity contribution in [3.63, 3.8) is 0 Å². The molecule has 110 valence electrons. The standard InChI is InChI=1S/C14H21N3O3/c1-15-8-7-13(18)16-9-10-17-14(19)11-3-5-12(20-2)6-4-11/h3-6,15H,7-10H2,1-2H3,(H,16,18)(H,17,19). The van der Waals surface area contributed by atoms with Crippen LogP contribution in [0, 0.1) is 0 Å². The van der Waals surface area contributed by atoms with E-state index in [-0.39, 0.29) is 11.8 Å². The average molecular weight is 279 g/mol. The molecule has 0 bridgehead atoms. The lowest BCUT2D eigenvalue weighted by Crippen LogP contribution is -2.35. The highest BCUT2D eigenvalue weighted by Gasteiger charge is 2.05. The molecule has 0 heterocycles. The molecule has 0 radical (unpaired) electrons. The number of hydrogen-bond acceptors (Lipinski definition) is 4. The van der Waals surface area contributed by atoms with Gasteiger partial charge in [0.05, 0.1) is 7.11 Å². The van der Waals surface area contributed by atoms with E-state index in [0.29, 0.717) is 37.4 Å². The molecule has 0 unspecified atom stereocenters. The highest BCUT2D eigenvalue weighted by atomic mass is 16.5. The normalized spacial score (nSPS) is 9.90. The summed E-state index contributed by atoms with van der Waals surface area (Å²) in [7, 11) is 3.37. The van der Waals surface area contributed by atoms with Gasteiger partial charge in [-0.25, -0.2) is 0 Å². The van der Waals surface area contributed by atoms with Gasteiger partial charge in [0, 0.05) is 31.6 Å². The molecule has 1 aromatic rings. The maximum Gasteiger partial charge on any atom is 0.251 e. The van der Waals surface area contributed by atoms with Crippen LogP contribution in [0.5, 0.6) is 5.75 Å². The summed E-state index contributed by atoms with van der Waals surface area (Å²) in [6.45, 7) is 1.46. The molecule has 0 fully saturated rings. The van der Waals surface area contributed by atoms with Crippen molar-refractivity contribution in [2.45, 2.75) is 6.42 Å². The molecule has 0 aromatic heterocycles. The Kier molecular flexibility index (Phi) is 7.13. The highest BCUT2D eigenvalue weighted by Crippen LogP contribution is 2.10. The summed E-state index contributed by atoms with van der Waals surface area (Å²) in [6.07, 6.45) is 0.433. The number of hydrogen-bond donors (Lipinski definition) is 3. The second-order valence-corrected chi connectivity index (χ2v) is 4.19. The van der Waals surface area contributed by atoms with Crippen molar-refractivity contribution in [1.82, 2.24) is 16.0 Å². The molecule has 2 amide bonds. The molecule has 1 rings (SSSR count). The second-order valence-electron chi connectivity index (χ2n) is 4.19. The molecular formula is C14H21N3O3. The van der Waals surface area contributed by atoms with E-state index < -0.39 is 0 Å². The van der Waals surface area contributed by atoms with Crippen molar-refractivity contribution in [2.24, 2.45) is 0 Å². The van der Waals surface area contributed by atoms with Crippen LogP contribution in [0.4, 0.5) is 0 Å². The smallest absolute Gasteiger partial charge is 0.251 e. The predicted octanol–water partition coefficient (Wildman–Crippen LogP) is 0.151. The minimum atomic E-state index is -0.169. The van der Waals surface area contributed by atoms with Gasteiger partial charge >= 0.3 is 0 Å². The van der Waals surface area contributed by atoms with Crippen LogP contribution in [0.25, 0.3) is 0 Å². The zero-order chi connectivity index (χ0) is 14.8. The molecule has 0 saturated heterocycles. The van der Waals surface area contributed by atoms with Gasteiger partial charge < -0.3 is 20.7 Å². The van der Waals surface area contributed by atoms with Gasteiger partial charge in [0.2, 0.25) is 5.91 Å². The summed E-state index contributed by atoms with van der Waals surface area (Å²) in [5, 5.41) is 8.36.